The zero-order valence-corrected chi connectivity index (χ0v) is 17.4. The van der Waals surface area contributed by atoms with Gasteiger partial charge >= 0.3 is 0 Å². The Balaban J connectivity index is 1.61. The van der Waals surface area contributed by atoms with Crippen LogP contribution in [-0.4, -0.2) is 60.4 Å². The summed E-state index contributed by atoms with van der Waals surface area (Å²) in [5.41, 5.74) is 7.25. The Hall–Kier alpha value is -1.92. The predicted molar refractivity (Wildman–Crippen MR) is 112 cm³/mol. The van der Waals surface area contributed by atoms with Gasteiger partial charge < -0.3 is 20.9 Å². The van der Waals surface area contributed by atoms with Gasteiger partial charge in [0, 0.05) is 36.4 Å². The SMILES string of the molecule is CN1CCCC(N(C)C(=O)c2ccc(NC(=O)C3CCCCC3(C)N)cc2)C1. The highest BCUT2D eigenvalue weighted by Gasteiger charge is 2.37. The van der Waals surface area contributed by atoms with Gasteiger partial charge in [-0.05, 0) is 70.5 Å². The van der Waals surface area contributed by atoms with Gasteiger partial charge in [-0.1, -0.05) is 12.8 Å². The minimum Gasteiger partial charge on any atom is -0.337 e. The molecule has 0 spiro atoms. The fourth-order valence-electron chi connectivity index (χ4n) is 4.54. The quantitative estimate of drug-likeness (QED) is 0.834. The molecule has 1 aliphatic heterocycles. The molecule has 154 valence electrons. The molecule has 1 saturated heterocycles. The second-order valence-electron chi connectivity index (χ2n) is 8.85. The number of anilines is 1. The van der Waals surface area contributed by atoms with Crippen molar-refractivity contribution in [1.29, 1.82) is 0 Å². The summed E-state index contributed by atoms with van der Waals surface area (Å²) >= 11 is 0. The Bertz CT molecular complexity index is 701. The van der Waals surface area contributed by atoms with Crippen LogP contribution in [0, 0.1) is 5.92 Å². The second-order valence-corrected chi connectivity index (χ2v) is 8.85. The third-order valence-electron chi connectivity index (χ3n) is 6.44. The molecular weight excluding hydrogens is 352 g/mol. The van der Waals surface area contributed by atoms with Crippen molar-refractivity contribution >= 4 is 17.5 Å². The molecular formula is C22H34N4O2. The first-order valence-corrected chi connectivity index (χ1v) is 10.4. The van der Waals surface area contributed by atoms with Gasteiger partial charge in [0.2, 0.25) is 5.91 Å². The van der Waals surface area contributed by atoms with Crippen LogP contribution in [0.25, 0.3) is 0 Å². The van der Waals surface area contributed by atoms with Crippen LogP contribution in [0.2, 0.25) is 0 Å². The zero-order valence-electron chi connectivity index (χ0n) is 17.4. The highest BCUT2D eigenvalue weighted by Crippen LogP contribution is 2.32. The summed E-state index contributed by atoms with van der Waals surface area (Å²) in [7, 11) is 3.98. The molecule has 3 rings (SSSR count). The number of nitrogens with one attached hydrogen (secondary N) is 1. The van der Waals surface area contributed by atoms with Gasteiger partial charge in [-0.3, -0.25) is 9.59 Å². The maximum absolute atomic E-state index is 12.8. The van der Waals surface area contributed by atoms with Crippen molar-refractivity contribution in [3.63, 3.8) is 0 Å². The number of carbonyl (C=O) groups excluding carboxylic acids is 2. The minimum absolute atomic E-state index is 0.0221. The summed E-state index contributed by atoms with van der Waals surface area (Å²) < 4.78 is 0. The molecule has 1 saturated carbocycles. The fraction of sp³-hybridized carbons (Fsp3) is 0.636. The van der Waals surface area contributed by atoms with Gasteiger partial charge in [0.15, 0.2) is 0 Å². The van der Waals surface area contributed by atoms with Crippen molar-refractivity contribution in [2.24, 2.45) is 11.7 Å². The average Bonchev–Trinajstić information content (AvgIpc) is 2.67. The number of nitrogens with zero attached hydrogens (tertiary/aromatic N) is 2. The Morgan fingerprint density at radius 3 is 2.54 bits per heavy atom. The summed E-state index contributed by atoms with van der Waals surface area (Å²) in [6, 6.07) is 7.46. The highest BCUT2D eigenvalue weighted by atomic mass is 16.2. The Labute approximate surface area is 168 Å². The van der Waals surface area contributed by atoms with Crippen LogP contribution in [0.1, 0.15) is 55.8 Å². The van der Waals surface area contributed by atoms with Crippen LogP contribution < -0.4 is 11.1 Å². The number of amides is 2. The molecule has 6 nitrogen and oxygen atoms in total. The standard InChI is InChI=1S/C22H34N4O2/c1-22(23)13-5-4-8-19(22)20(27)24-17-11-9-16(10-12-17)21(28)26(3)18-7-6-14-25(2)15-18/h9-12,18-19H,4-8,13-15,23H2,1-3H3,(H,24,27). The Morgan fingerprint density at radius 2 is 1.89 bits per heavy atom. The molecule has 3 N–H and O–H groups in total. The summed E-state index contributed by atoms with van der Waals surface area (Å²) in [5, 5.41) is 2.98. The van der Waals surface area contributed by atoms with Crippen molar-refractivity contribution in [3.05, 3.63) is 29.8 Å². The molecule has 1 heterocycles. The van der Waals surface area contributed by atoms with Crippen LogP contribution in [0.4, 0.5) is 5.69 Å². The molecule has 0 bridgehead atoms. The Kier molecular flexibility index (Phi) is 6.40. The van der Waals surface area contributed by atoms with Crippen molar-refractivity contribution in [2.45, 2.75) is 57.0 Å². The molecule has 3 unspecified atom stereocenters. The van der Waals surface area contributed by atoms with E-state index in [1.165, 1.54) is 0 Å². The van der Waals surface area contributed by atoms with E-state index in [-0.39, 0.29) is 23.8 Å². The number of piperidine rings is 1. The van der Waals surface area contributed by atoms with E-state index in [0.717, 1.165) is 51.6 Å². The summed E-state index contributed by atoms with van der Waals surface area (Å²) in [6.07, 6.45) is 5.99. The van der Waals surface area contributed by atoms with E-state index in [9.17, 15) is 9.59 Å². The maximum Gasteiger partial charge on any atom is 0.253 e. The molecule has 1 aromatic rings. The number of likely N-dealkylation sites (tertiary alicyclic amines) is 1. The number of benzene rings is 1. The molecule has 2 amide bonds. The number of hydrogen-bond acceptors (Lipinski definition) is 4. The summed E-state index contributed by atoms with van der Waals surface area (Å²) in [5.74, 6) is -0.164. The lowest BCUT2D eigenvalue weighted by Gasteiger charge is -2.37. The van der Waals surface area contributed by atoms with Gasteiger partial charge in [0.05, 0.1) is 5.92 Å². The first-order chi connectivity index (χ1) is 13.3. The van der Waals surface area contributed by atoms with E-state index in [4.69, 9.17) is 5.73 Å². The number of likely N-dealkylation sites (N-methyl/N-ethyl adjacent to an activating group) is 2. The van der Waals surface area contributed by atoms with Crippen molar-refractivity contribution in [1.82, 2.24) is 9.80 Å². The van der Waals surface area contributed by atoms with E-state index in [0.29, 0.717) is 11.3 Å². The second kappa shape index (κ2) is 8.62. The lowest BCUT2D eigenvalue weighted by Crippen LogP contribution is -2.51. The normalized spacial score (nSPS) is 28.6. The molecule has 0 aromatic heterocycles. The highest BCUT2D eigenvalue weighted by molar-refractivity contribution is 5.96. The third-order valence-corrected chi connectivity index (χ3v) is 6.44. The van der Waals surface area contributed by atoms with Gasteiger partial charge in [0.25, 0.3) is 5.91 Å². The smallest absolute Gasteiger partial charge is 0.253 e. The number of carbonyl (C=O) groups is 2. The first kappa shape index (κ1) is 20.8. The number of hydrogen-bond donors (Lipinski definition) is 2. The van der Waals surface area contributed by atoms with E-state index in [1.54, 1.807) is 12.1 Å². The van der Waals surface area contributed by atoms with Crippen LogP contribution in [0.3, 0.4) is 0 Å². The molecule has 1 aliphatic carbocycles. The van der Waals surface area contributed by atoms with Crippen LogP contribution >= 0.6 is 0 Å². The van der Waals surface area contributed by atoms with Crippen molar-refractivity contribution < 1.29 is 9.59 Å². The number of nitrogens with two attached hydrogens (primary N) is 1. The molecule has 3 atom stereocenters. The maximum atomic E-state index is 12.8. The van der Waals surface area contributed by atoms with E-state index < -0.39 is 5.54 Å². The predicted octanol–water partition coefficient (Wildman–Crippen LogP) is 2.70. The van der Waals surface area contributed by atoms with E-state index >= 15 is 0 Å². The van der Waals surface area contributed by atoms with E-state index in [2.05, 4.69) is 17.3 Å². The first-order valence-electron chi connectivity index (χ1n) is 10.4. The van der Waals surface area contributed by atoms with Gasteiger partial charge in [-0.25, -0.2) is 0 Å². The monoisotopic (exact) mass is 386 g/mol. The van der Waals surface area contributed by atoms with Crippen molar-refractivity contribution in [3.8, 4) is 0 Å². The fourth-order valence-corrected chi connectivity index (χ4v) is 4.54. The topological polar surface area (TPSA) is 78.7 Å². The average molecular weight is 387 g/mol. The zero-order chi connectivity index (χ0) is 20.3. The Morgan fingerprint density at radius 1 is 1.18 bits per heavy atom. The minimum atomic E-state index is -0.450. The number of rotatable bonds is 4. The molecule has 0 radical (unpaired) electrons. The van der Waals surface area contributed by atoms with Gasteiger partial charge in [0.1, 0.15) is 0 Å². The van der Waals surface area contributed by atoms with E-state index in [1.807, 2.05) is 31.0 Å². The largest absolute Gasteiger partial charge is 0.337 e. The summed E-state index contributed by atoms with van der Waals surface area (Å²) in [6.45, 7) is 3.97. The van der Waals surface area contributed by atoms with Gasteiger partial charge in [-0.15, -0.1) is 0 Å². The molecule has 2 fully saturated rings. The van der Waals surface area contributed by atoms with Crippen LogP contribution in [-0.2, 0) is 4.79 Å². The van der Waals surface area contributed by atoms with Gasteiger partial charge in [-0.2, -0.15) is 0 Å². The molecule has 28 heavy (non-hydrogen) atoms. The lowest BCUT2D eigenvalue weighted by molar-refractivity contribution is -0.122. The molecule has 2 aliphatic rings. The third kappa shape index (κ3) is 4.73. The molecule has 1 aromatic carbocycles. The van der Waals surface area contributed by atoms with Crippen LogP contribution in [0.15, 0.2) is 24.3 Å². The lowest BCUT2D eigenvalue weighted by atomic mass is 9.74. The molecule has 6 heteroatoms. The van der Waals surface area contributed by atoms with Crippen molar-refractivity contribution in [2.75, 3.05) is 32.5 Å². The summed E-state index contributed by atoms with van der Waals surface area (Å²) in [4.78, 5) is 29.6. The van der Waals surface area contributed by atoms with Crippen LogP contribution in [0.5, 0.6) is 0 Å².